The summed E-state index contributed by atoms with van der Waals surface area (Å²) in [7, 11) is 1.76. The second-order valence-electron chi connectivity index (χ2n) is 6.69. The number of hydrogen-bond donors (Lipinski definition) is 3. The van der Waals surface area contributed by atoms with Gasteiger partial charge >= 0.3 is 6.03 Å². The number of urea groups is 1. The number of benzene rings is 1. The minimum absolute atomic E-state index is 0.0404. The minimum Gasteiger partial charge on any atom is -0.383 e. The van der Waals surface area contributed by atoms with Gasteiger partial charge in [-0.15, -0.1) is 0 Å². The molecule has 1 heterocycles. The quantitative estimate of drug-likeness (QED) is 0.776. The number of aliphatic hydroxyl groups is 1. The molecule has 0 aliphatic rings. The van der Waals surface area contributed by atoms with E-state index in [9.17, 15) is 14.3 Å². The Kier molecular flexibility index (Phi) is 5.47. The molecule has 0 aliphatic heterocycles. The predicted molar refractivity (Wildman–Crippen MR) is 93.6 cm³/mol. The van der Waals surface area contributed by atoms with Crippen molar-refractivity contribution in [1.82, 2.24) is 20.4 Å². The van der Waals surface area contributed by atoms with Crippen LogP contribution in [0.15, 0.2) is 24.5 Å². The van der Waals surface area contributed by atoms with Crippen LogP contribution >= 0.6 is 0 Å². The van der Waals surface area contributed by atoms with Gasteiger partial charge in [0.15, 0.2) is 0 Å². The Morgan fingerprint density at radius 3 is 2.52 bits per heavy atom. The first-order valence-electron chi connectivity index (χ1n) is 8.12. The van der Waals surface area contributed by atoms with E-state index in [2.05, 4.69) is 15.7 Å². The van der Waals surface area contributed by atoms with E-state index >= 15 is 0 Å². The summed E-state index contributed by atoms with van der Waals surface area (Å²) < 4.78 is 15.3. The van der Waals surface area contributed by atoms with Gasteiger partial charge < -0.3 is 15.7 Å². The molecule has 2 atom stereocenters. The third kappa shape index (κ3) is 4.57. The first-order chi connectivity index (χ1) is 11.6. The van der Waals surface area contributed by atoms with Gasteiger partial charge in [-0.25, -0.2) is 9.18 Å². The standard InChI is InChI=1S/C18H25FN4O2/c1-11-6-14(7-12(2)16(11)19)13(3)22-17(24)20-10-18(4,25)15-8-21-23(5)9-15/h6-9,13,25H,10H2,1-5H3,(H2,20,22,24)/t13-,18+/m1/s1. The topological polar surface area (TPSA) is 79.2 Å². The maximum Gasteiger partial charge on any atom is 0.315 e. The normalized spacial score (nSPS) is 14.7. The molecule has 2 amide bonds. The molecule has 136 valence electrons. The van der Waals surface area contributed by atoms with Crippen molar-refractivity contribution < 1.29 is 14.3 Å². The highest BCUT2D eigenvalue weighted by molar-refractivity contribution is 5.74. The SMILES string of the molecule is Cc1cc([C@@H](C)NC(=O)NC[C@](C)(O)c2cnn(C)c2)cc(C)c1F. The monoisotopic (exact) mass is 348 g/mol. The molecule has 0 saturated heterocycles. The van der Waals surface area contributed by atoms with E-state index in [4.69, 9.17) is 0 Å². The van der Waals surface area contributed by atoms with E-state index in [1.54, 1.807) is 57.0 Å². The predicted octanol–water partition coefficient (Wildman–Crippen LogP) is 2.44. The Labute approximate surface area is 147 Å². The van der Waals surface area contributed by atoms with E-state index in [1.807, 2.05) is 6.92 Å². The van der Waals surface area contributed by atoms with E-state index in [1.165, 1.54) is 0 Å². The third-order valence-electron chi connectivity index (χ3n) is 4.23. The Morgan fingerprint density at radius 1 is 1.40 bits per heavy atom. The molecule has 6 nitrogen and oxygen atoms in total. The summed E-state index contributed by atoms with van der Waals surface area (Å²) in [6.07, 6.45) is 3.26. The fourth-order valence-corrected chi connectivity index (χ4v) is 2.61. The van der Waals surface area contributed by atoms with Crippen molar-refractivity contribution in [2.45, 2.75) is 39.3 Å². The molecule has 0 aliphatic carbocycles. The summed E-state index contributed by atoms with van der Waals surface area (Å²) in [5.41, 5.74) is 1.31. The fraction of sp³-hybridized carbons (Fsp3) is 0.444. The highest BCUT2D eigenvalue weighted by Gasteiger charge is 2.25. The zero-order chi connectivity index (χ0) is 18.8. The molecule has 3 N–H and O–H groups in total. The van der Waals surface area contributed by atoms with Gasteiger partial charge in [0.1, 0.15) is 11.4 Å². The van der Waals surface area contributed by atoms with E-state index in [0.29, 0.717) is 16.7 Å². The molecule has 2 aromatic rings. The first-order valence-corrected chi connectivity index (χ1v) is 8.12. The Morgan fingerprint density at radius 2 is 2.00 bits per heavy atom. The van der Waals surface area contributed by atoms with Crippen molar-refractivity contribution >= 4 is 6.03 Å². The zero-order valence-corrected chi connectivity index (χ0v) is 15.2. The van der Waals surface area contributed by atoms with Gasteiger partial charge in [-0.1, -0.05) is 12.1 Å². The molecule has 0 bridgehead atoms. The molecule has 0 spiro atoms. The van der Waals surface area contributed by atoms with Crippen LogP contribution in [0.5, 0.6) is 0 Å². The number of aryl methyl sites for hydroxylation is 3. The van der Waals surface area contributed by atoms with Crippen molar-refractivity contribution in [2.75, 3.05) is 6.54 Å². The van der Waals surface area contributed by atoms with Crippen molar-refractivity contribution in [2.24, 2.45) is 7.05 Å². The van der Waals surface area contributed by atoms with Crippen molar-refractivity contribution in [3.05, 3.63) is 52.6 Å². The van der Waals surface area contributed by atoms with Crippen LogP contribution in [-0.2, 0) is 12.6 Å². The first kappa shape index (κ1) is 18.9. The van der Waals surface area contributed by atoms with Crippen molar-refractivity contribution in [3.63, 3.8) is 0 Å². The number of halogens is 1. The Hall–Kier alpha value is -2.41. The third-order valence-corrected chi connectivity index (χ3v) is 4.23. The van der Waals surface area contributed by atoms with Gasteiger partial charge in [0.2, 0.25) is 0 Å². The number of amides is 2. The molecule has 1 aromatic heterocycles. The maximum atomic E-state index is 13.7. The van der Waals surface area contributed by atoms with Crippen molar-refractivity contribution in [3.8, 4) is 0 Å². The summed E-state index contributed by atoms with van der Waals surface area (Å²) in [4.78, 5) is 12.1. The molecular formula is C18H25FN4O2. The van der Waals surface area contributed by atoms with Crippen molar-refractivity contribution in [1.29, 1.82) is 0 Å². The minimum atomic E-state index is -1.22. The summed E-state index contributed by atoms with van der Waals surface area (Å²) in [6, 6.07) is 2.75. The van der Waals surface area contributed by atoms with E-state index in [0.717, 1.165) is 5.56 Å². The van der Waals surface area contributed by atoms with Gasteiger partial charge in [0.05, 0.1) is 18.8 Å². The van der Waals surface area contributed by atoms with E-state index in [-0.39, 0.29) is 18.4 Å². The van der Waals surface area contributed by atoms with Crippen LogP contribution < -0.4 is 10.6 Å². The van der Waals surface area contributed by atoms with Gasteiger partial charge in [-0.3, -0.25) is 4.68 Å². The lowest BCUT2D eigenvalue weighted by Crippen LogP contribution is -2.44. The van der Waals surface area contributed by atoms with Gasteiger partial charge in [0.25, 0.3) is 0 Å². The van der Waals surface area contributed by atoms with Crippen LogP contribution in [0.3, 0.4) is 0 Å². The van der Waals surface area contributed by atoms with Crippen LogP contribution in [0, 0.1) is 19.7 Å². The highest BCUT2D eigenvalue weighted by Crippen LogP contribution is 2.21. The molecule has 0 fully saturated rings. The number of carbonyl (C=O) groups is 1. The van der Waals surface area contributed by atoms with Gasteiger partial charge in [-0.05, 0) is 44.4 Å². The lowest BCUT2D eigenvalue weighted by molar-refractivity contribution is 0.0592. The lowest BCUT2D eigenvalue weighted by Gasteiger charge is -2.23. The molecule has 0 radical (unpaired) electrons. The smallest absolute Gasteiger partial charge is 0.315 e. The number of nitrogens with one attached hydrogen (secondary N) is 2. The maximum absolute atomic E-state index is 13.7. The van der Waals surface area contributed by atoms with Crippen LogP contribution in [0.4, 0.5) is 9.18 Å². The van der Waals surface area contributed by atoms with Crippen LogP contribution in [0.2, 0.25) is 0 Å². The van der Waals surface area contributed by atoms with Gasteiger partial charge in [0, 0.05) is 18.8 Å². The molecule has 25 heavy (non-hydrogen) atoms. The summed E-state index contributed by atoms with van der Waals surface area (Å²) >= 11 is 0. The molecule has 0 saturated carbocycles. The average molecular weight is 348 g/mol. The van der Waals surface area contributed by atoms with Crippen LogP contribution in [-0.4, -0.2) is 27.5 Å². The Bertz CT molecular complexity index is 747. The molecule has 7 heteroatoms. The largest absolute Gasteiger partial charge is 0.383 e. The zero-order valence-electron chi connectivity index (χ0n) is 15.2. The summed E-state index contributed by atoms with van der Waals surface area (Å²) in [6.45, 7) is 6.87. The number of hydrogen-bond acceptors (Lipinski definition) is 3. The Balaban J connectivity index is 1.96. The second-order valence-corrected chi connectivity index (χ2v) is 6.69. The highest BCUT2D eigenvalue weighted by atomic mass is 19.1. The molecular weight excluding hydrogens is 323 g/mol. The van der Waals surface area contributed by atoms with Gasteiger partial charge in [-0.2, -0.15) is 5.10 Å². The number of nitrogens with zero attached hydrogens (tertiary/aromatic N) is 2. The molecule has 0 unspecified atom stereocenters. The summed E-state index contributed by atoms with van der Waals surface area (Å²) in [5.74, 6) is -0.229. The lowest BCUT2D eigenvalue weighted by atomic mass is 10.00. The van der Waals surface area contributed by atoms with Crippen LogP contribution in [0.1, 0.15) is 42.1 Å². The number of carbonyl (C=O) groups excluding carboxylic acids is 1. The van der Waals surface area contributed by atoms with Crippen LogP contribution in [0.25, 0.3) is 0 Å². The number of aromatic nitrogens is 2. The van der Waals surface area contributed by atoms with E-state index < -0.39 is 11.6 Å². The number of rotatable bonds is 5. The molecule has 2 rings (SSSR count). The second kappa shape index (κ2) is 7.23. The molecule has 1 aromatic carbocycles. The summed E-state index contributed by atoms with van der Waals surface area (Å²) in [5, 5.41) is 19.9. The fourth-order valence-electron chi connectivity index (χ4n) is 2.61. The average Bonchev–Trinajstić information content (AvgIpc) is 2.97.